The Balaban J connectivity index is 1.54. The van der Waals surface area contributed by atoms with Crippen LogP contribution in [-0.4, -0.2) is 37.2 Å². The zero-order valence-electron chi connectivity index (χ0n) is 20.6. The number of anilines is 2. The molecule has 1 saturated heterocycles. The average molecular weight is 469 g/mol. The van der Waals surface area contributed by atoms with Crippen LogP contribution in [0.3, 0.4) is 0 Å². The fourth-order valence-electron chi connectivity index (χ4n) is 5.67. The number of esters is 1. The van der Waals surface area contributed by atoms with Gasteiger partial charge in [0.25, 0.3) is 0 Å². The van der Waals surface area contributed by atoms with E-state index >= 15 is 0 Å². The lowest BCUT2D eigenvalue weighted by molar-refractivity contribution is 0.0519. The SMILES string of the molecule is CCOC(=O)c1cc(N2CCC[C@@H](CC#N)C2)c2c(n1)CN(c1cccc3cccc(C)c13)CC2. The molecular weight excluding hydrogens is 436 g/mol. The molecule has 1 atom stereocenters. The maximum absolute atomic E-state index is 12.7. The number of carbonyl (C=O) groups is 1. The summed E-state index contributed by atoms with van der Waals surface area (Å²) in [7, 11) is 0. The van der Waals surface area contributed by atoms with E-state index < -0.39 is 0 Å². The highest BCUT2D eigenvalue weighted by atomic mass is 16.5. The molecule has 2 aromatic carbocycles. The second-order valence-corrected chi connectivity index (χ2v) is 9.61. The molecule has 5 rings (SSSR count). The Kier molecular flexibility index (Phi) is 6.59. The van der Waals surface area contributed by atoms with Gasteiger partial charge in [-0.15, -0.1) is 0 Å². The van der Waals surface area contributed by atoms with Gasteiger partial charge in [-0.05, 0) is 62.1 Å². The number of pyridine rings is 1. The van der Waals surface area contributed by atoms with Crippen LogP contribution < -0.4 is 9.80 Å². The Hall–Kier alpha value is -3.59. The molecule has 6 nitrogen and oxygen atoms in total. The number of hydrogen-bond acceptors (Lipinski definition) is 6. The molecule has 6 heteroatoms. The smallest absolute Gasteiger partial charge is 0.356 e. The fraction of sp³-hybridized carbons (Fsp3) is 0.414. The second-order valence-electron chi connectivity index (χ2n) is 9.61. The van der Waals surface area contributed by atoms with Crippen LogP contribution in [0.5, 0.6) is 0 Å². The number of rotatable bonds is 5. The van der Waals surface area contributed by atoms with Crippen molar-refractivity contribution in [1.29, 1.82) is 5.26 Å². The van der Waals surface area contributed by atoms with Crippen LogP contribution in [0, 0.1) is 24.2 Å². The van der Waals surface area contributed by atoms with E-state index in [1.54, 1.807) is 0 Å². The number of benzene rings is 2. The summed E-state index contributed by atoms with van der Waals surface area (Å²) < 4.78 is 5.33. The predicted octanol–water partition coefficient (Wildman–Crippen LogP) is 5.41. The van der Waals surface area contributed by atoms with Crippen LogP contribution in [0.2, 0.25) is 0 Å². The molecule has 0 unspecified atom stereocenters. The Morgan fingerprint density at radius 1 is 1.17 bits per heavy atom. The zero-order valence-corrected chi connectivity index (χ0v) is 20.6. The summed E-state index contributed by atoms with van der Waals surface area (Å²) >= 11 is 0. The van der Waals surface area contributed by atoms with Crippen molar-refractivity contribution in [3.63, 3.8) is 0 Å². The number of nitrogens with zero attached hydrogens (tertiary/aromatic N) is 4. The van der Waals surface area contributed by atoms with Crippen molar-refractivity contribution >= 4 is 28.1 Å². The second kappa shape index (κ2) is 9.95. The Morgan fingerprint density at radius 3 is 2.80 bits per heavy atom. The number of nitriles is 1. The van der Waals surface area contributed by atoms with Gasteiger partial charge in [-0.1, -0.05) is 30.3 Å². The fourth-order valence-corrected chi connectivity index (χ4v) is 5.67. The normalized spacial score (nSPS) is 17.7. The summed E-state index contributed by atoms with van der Waals surface area (Å²) in [5.41, 5.74) is 6.11. The molecule has 35 heavy (non-hydrogen) atoms. The highest BCUT2D eigenvalue weighted by Crippen LogP contribution is 2.36. The standard InChI is InChI=1S/C29H32N4O2/c1-3-35-29(34)24-17-27(32-15-6-8-21(18-32)12-14-30)23-13-16-33(19-25(23)31-24)26-11-5-10-22-9-4-7-20(2)28(22)26/h4-5,7,9-11,17,21H,3,6,8,12-13,15-16,18-19H2,1-2H3/t21-/m0/s1. The van der Waals surface area contributed by atoms with Crippen molar-refractivity contribution in [3.8, 4) is 6.07 Å². The molecule has 3 aromatic rings. The number of aryl methyl sites for hydroxylation is 1. The molecule has 0 bridgehead atoms. The van der Waals surface area contributed by atoms with Gasteiger partial charge in [0.2, 0.25) is 0 Å². The molecule has 0 saturated carbocycles. The van der Waals surface area contributed by atoms with Crippen molar-refractivity contribution in [1.82, 2.24) is 4.98 Å². The number of hydrogen-bond donors (Lipinski definition) is 0. The highest BCUT2D eigenvalue weighted by Gasteiger charge is 2.29. The first-order chi connectivity index (χ1) is 17.1. The zero-order chi connectivity index (χ0) is 24.4. The van der Waals surface area contributed by atoms with Gasteiger partial charge in [-0.3, -0.25) is 0 Å². The molecule has 0 spiro atoms. The van der Waals surface area contributed by atoms with E-state index in [0.29, 0.717) is 31.2 Å². The van der Waals surface area contributed by atoms with Crippen molar-refractivity contribution in [2.75, 3.05) is 36.0 Å². The third-order valence-corrected chi connectivity index (χ3v) is 7.31. The van der Waals surface area contributed by atoms with Crippen LogP contribution in [0.1, 0.15) is 53.5 Å². The largest absolute Gasteiger partial charge is 0.461 e. The summed E-state index contributed by atoms with van der Waals surface area (Å²) in [6.07, 6.45) is 3.57. The van der Waals surface area contributed by atoms with Gasteiger partial charge >= 0.3 is 5.97 Å². The van der Waals surface area contributed by atoms with Crippen LogP contribution >= 0.6 is 0 Å². The topological polar surface area (TPSA) is 69.5 Å². The summed E-state index contributed by atoms with van der Waals surface area (Å²) in [6, 6.07) is 17.1. The summed E-state index contributed by atoms with van der Waals surface area (Å²) in [4.78, 5) is 22.3. The van der Waals surface area contributed by atoms with Crippen LogP contribution in [-0.2, 0) is 17.7 Å². The first-order valence-corrected chi connectivity index (χ1v) is 12.6. The minimum absolute atomic E-state index is 0.322. The summed E-state index contributed by atoms with van der Waals surface area (Å²) in [5.74, 6) is -0.0115. The van der Waals surface area contributed by atoms with E-state index in [0.717, 1.165) is 50.3 Å². The van der Waals surface area contributed by atoms with Gasteiger partial charge < -0.3 is 14.5 Å². The van der Waals surface area contributed by atoms with E-state index in [-0.39, 0.29) is 5.97 Å². The van der Waals surface area contributed by atoms with E-state index in [9.17, 15) is 10.1 Å². The lowest BCUT2D eigenvalue weighted by Gasteiger charge is -2.38. The van der Waals surface area contributed by atoms with Gasteiger partial charge in [0.05, 0.1) is 24.9 Å². The van der Waals surface area contributed by atoms with E-state index in [4.69, 9.17) is 9.72 Å². The maximum atomic E-state index is 12.7. The molecule has 0 aliphatic carbocycles. The molecule has 0 radical (unpaired) electrons. The third kappa shape index (κ3) is 4.55. The lowest BCUT2D eigenvalue weighted by Crippen LogP contribution is -2.38. The van der Waals surface area contributed by atoms with Gasteiger partial charge in [0, 0.05) is 48.4 Å². The van der Waals surface area contributed by atoms with E-state index in [1.165, 1.54) is 27.6 Å². The Morgan fingerprint density at radius 2 is 2.00 bits per heavy atom. The van der Waals surface area contributed by atoms with Crippen LogP contribution in [0.15, 0.2) is 42.5 Å². The summed E-state index contributed by atoms with van der Waals surface area (Å²) in [6.45, 7) is 7.63. The van der Waals surface area contributed by atoms with Gasteiger partial charge in [0.15, 0.2) is 5.69 Å². The van der Waals surface area contributed by atoms with Gasteiger partial charge in [-0.25, -0.2) is 9.78 Å². The van der Waals surface area contributed by atoms with Crippen molar-refractivity contribution in [2.24, 2.45) is 5.92 Å². The first-order valence-electron chi connectivity index (χ1n) is 12.6. The van der Waals surface area contributed by atoms with E-state index in [2.05, 4.69) is 59.2 Å². The molecule has 0 amide bonds. The molecule has 180 valence electrons. The Labute approximate surface area is 207 Å². The molecule has 1 fully saturated rings. The Bertz CT molecular complexity index is 1290. The highest BCUT2D eigenvalue weighted by molar-refractivity contribution is 5.97. The minimum atomic E-state index is -0.375. The first kappa shape index (κ1) is 23.2. The van der Waals surface area contributed by atoms with Crippen LogP contribution in [0.4, 0.5) is 11.4 Å². The molecule has 0 N–H and O–H groups in total. The van der Waals surface area contributed by atoms with Crippen molar-refractivity contribution in [2.45, 2.75) is 46.1 Å². The number of carbonyl (C=O) groups excluding carboxylic acids is 1. The van der Waals surface area contributed by atoms with Gasteiger partial charge in [0.1, 0.15) is 0 Å². The minimum Gasteiger partial charge on any atom is -0.461 e. The number of aromatic nitrogens is 1. The predicted molar refractivity (Wildman–Crippen MR) is 139 cm³/mol. The number of fused-ring (bicyclic) bond motifs is 2. The van der Waals surface area contributed by atoms with Crippen molar-refractivity contribution in [3.05, 3.63) is 65.0 Å². The number of piperidine rings is 1. The molecule has 3 heterocycles. The van der Waals surface area contributed by atoms with Crippen LogP contribution in [0.25, 0.3) is 10.8 Å². The molecule has 1 aromatic heterocycles. The lowest BCUT2D eigenvalue weighted by atomic mass is 9.93. The van der Waals surface area contributed by atoms with E-state index in [1.807, 2.05) is 13.0 Å². The molecular formula is C29H32N4O2. The molecule has 2 aliphatic rings. The maximum Gasteiger partial charge on any atom is 0.356 e. The van der Waals surface area contributed by atoms with Crippen molar-refractivity contribution < 1.29 is 9.53 Å². The molecule has 2 aliphatic heterocycles. The van der Waals surface area contributed by atoms with Gasteiger partial charge in [-0.2, -0.15) is 5.26 Å². The number of ether oxygens (including phenoxy) is 1. The quantitative estimate of drug-likeness (QED) is 0.466. The average Bonchev–Trinajstić information content (AvgIpc) is 2.88. The summed E-state index contributed by atoms with van der Waals surface area (Å²) in [5, 5.41) is 11.7. The third-order valence-electron chi connectivity index (χ3n) is 7.31. The monoisotopic (exact) mass is 468 g/mol.